The minimum atomic E-state index is -0.612. The Morgan fingerprint density at radius 3 is 2.46 bits per heavy atom. The summed E-state index contributed by atoms with van der Waals surface area (Å²) in [5, 5.41) is 4.04. The summed E-state index contributed by atoms with van der Waals surface area (Å²) in [6.45, 7) is 7.56. The Morgan fingerprint density at radius 1 is 1.38 bits per heavy atom. The molecule has 0 atom stereocenters. The van der Waals surface area contributed by atoms with Gasteiger partial charge in [0, 0.05) is 13.3 Å². The van der Waals surface area contributed by atoms with Crippen LogP contribution < -0.4 is 5.43 Å². The van der Waals surface area contributed by atoms with E-state index in [1.165, 1.54) is 0 Å². The van der Waals surface area contributed by atoms with Crippen molar-refractivity contribution in [1.29, 1.82) is 0 Å². The number of carbonyl (C=O) groups excluding carboxylic acids is 1. The van der Waals surface area contributed by atoms with E-state index in [9.17, 15) is 4.79 Å². The summed E-state index contributed by atoms with van der Waals surface area (Å²) in [6.07, 6.45) is 1.75. The van der Waals surface area contributed by atoms with Crippen LogP contribution in [0.25, 0.3) is 0 Å². The summed E-state index contributed by atoms with van der Waals surface area (Å²) in [4.78, 5) is 13.6. The highest BCUT2D eigenvalue weighted by Gasteiger charge is 2.38. The van der Waals surface area contributed by atoms with Crippen LogP contribution in [0.3, 0.4) is 0 Å². The van der Waals surface area contributed by atoms with Gasteiger partial charge in [-0.2, -0.15) is 5.10 Å². The predicted octanol–water partition coefficient (Wildman–Crippen LogP) is 0.591. The van der Waals surface area contributed by atoms with Crippen molar-refractivity contribution in [3.63, 3.8) is 0 Å². The van der Waals surface area contributed by atoms with Crippen LogP contribution in [0.15, 0.2) is 5.10 Å². The number of rotatable bonds is 0. The number of hydrazone groups is 1. The fraction of sp³-hybridized carbons (Fsp3) is 0.778. The Balaban J connectivity index is 3.04. The molecule has 0 saturated carbocycles. The number of hydrogen-bond acceptors (Lipinski definition) is 3. The molecule has 0 aromatic rings. The van der Waals surface area contributed by atoms with E-state index < -0.39 is 5.54 Å². The van der Waals surface area contributed by atoms with Gasteiger partial charge in [0.15, 0.2) is 0 Å². The van der Waals surface area contributed by atoms with E-state index in [0.29, 0.717) is 0 Å². The molecule has 0 aliphatic carbocycles. The first-order chi connectivity index (χ1) is 5.77. The molecule has 1 heterocycles. The van der Waals surface area contributed by atoms with Crippen LogP contribution in [0.5, 0.6) is 0 Å². The topological polar surface area (TPSA) is 44.7 Å². The maximum absolute atomic E-state index is 11.9. The highest BCUT2D eigenvalue weighted by molar-refractivity contribution is 5.90. The Morgan fingerprint density at radius 2 is 1.92 bits per heavy atom. The Labute approximate surface area is 79.0 Å². The van der Waals surface area contributed by atoms with Crippen molar-refractivity contribution in [2.75, 3.05) is 7.05 Å². The molecule has 1 aliphatic heterocycles. The quantitative estimate of drug-likeness (QED) is 0.597. The first kappa shape index (κ1) is 10.0. The van der Waals surface area contributed by atoms with Gasteiger partial charge in [0.2, 0.25) is 5.91 Å². The minimum absolute atomic E-state index is 0.0509. The molecule has 0 spiro atoms. The molecule has 13 heavy (non-hydrogen) atoms. The Hall–Kier alpha value is -1.06. The summed E-state index contributed by atoms with van der Waals surface area (Å²) in [7, 11) is 1.79. The molecule has 0 bridgehead atoms. The molecule has 0 fully saturated rings. The number of nitrogens with zero attached hydrogens (tertiary/aromatic N) is 2. The van der Waals surface area contributed by atoms with Gasteiger partial charge in [0.25, 0.3) is 0 Å². The van der Waals surface area contributed by atoms with Crippen molar-refractivity contribution in [2.24, 2.45) is 5.10 Å². The lowest BCUT2D eigenvalue weighted by atomic mass is 10.00. The molecule has 1 N–H and O–H groups in total. The molecule has 4 heteroatoms. The second-order valence-corrected chi connectivity index (χ2v) is 4.51. The molecule has 74 valence electrons. The fourth-order valence-corrected chi connectivity index (χ4v) is 1.17. The van der Waals surface area contributed by atoms with E-state index in [1.54, 1.807) is 18.2 Å². The monoisotopic (exact) mass is 183 g/mol. The third kappa shape index (κ3) is 1.66. The summed E-state index contributed by atoms with van der Waals surface area (Å²) >= 11 is 0. The zero-order valence-electron chi connectivity index (χ0n) is 8.88. The van der Waals surface area contributed by atoms with Crippen molar-refractivity contribution in [3.8, 4) is 0 Å². The van der Waals surface area contributed by atoms with E-state index >= 15 is 0 Å². The summed E-state index contributed by atoms with van der Waals surface area (Å²) in [5.74, 6) is 0.0509. The van der Waals surface area contributed by atoms with Crippen LogP contribution in [-0.4, -0.2) is 35.1 Å². The van der Waals surface area contributed by atoms with Gasteiger partial charge in [-0.15, -0.1) is 0 Å². The van der Waals surface area contributed by atoms with Crippen LogP contribution in [-0.2, 0) is 4.79 Å². The molecule has 0 radical (unpaired) electrons. The number of hydrogen-bond donors (Lipinski definition) is 1. The average Bonchev–Trinajstić information content (AvgIpc) is 2.04. The zero-order chi connectivity index (χ0) is 10.3. The summed E-state index contributed by atoms with van der Waals surface area (Å²) in [5.41, 5.74) is 1.90. The van der Waals surface area contributed by atoms with Gasteiger partial charge >= 0.3 is 0 Å². The Bertz CT molecular complexity index is 256. The molecule has 1 rings (SSSR count). The van der Waals surface area contributed by atoms with Gasteiger partial charge in [0.1, 0.15) is 5.54 Å². The maximum Gasteiger partial charge on any atom is 0.249 e. The van der Waals surface area contributed by atoms with Crippen LogP contribution in [0.1, 0.15) is 27.7 Å². The van der Waals surface area contributed by atoms with Gasteiger partial charge in [0.05, 0.1) is 5.54 Å². The van der Waals surface area contributed by atoms with E-state index in [-0.39, 0.29) is 11.4 Å². The van der Waals surface area contributed by atoms with Crippen LogP contribution in [0.4, 0.5) is 0 Å². The first-order valence-electron chi connectivity index (χ1n) is 4.37. The molecule has 0 aromatic heterocycles. The van der Waals surface area contributed by atoms with E-state index in [4.69, 9.17) is 0 Å². The smallest absolute Gasteiger partial charge is 0.249 e. The lowest BCUT2D eigenvalue weighted by Gasteiger charge is -2.34. The van der Waals surface area contributed by atoms with Crippen molar-refractivity contribution >= 4 is 12.1 Å². The number of likely N-dealkylation sites (N-methyl/N-ethyl adjacent to an activating group) is 1. The second-order valence-electron chi connectivity index (χ2n) is 4.51. The van der Waals surface area contributed by atoms with Gasteiger partial charge in [-0.25, -0.2) is 0 Å². The van der Waals surface area contributed by atoms with Crippen molar-refractivity contribution in [2.45, 2.75) is 38.8 Å². The third-order valence-electron chi connectivity index (χ3n) is 2.43. The minimum Gasteiger partial charge on any atom is -0.334 e. The normalized spacial score (nSPS) is 25.3. The summed E-state index contributed by atoms with van der Waals surface area (Å²) < 4.78 is 0. The largest absolute Gasteiger partial charge is 0.334 e. The van der Waals surface area contributed by atoms with Gasteiger partial charge in [-0.05, 0) is 27.7 Å². The van der Waals surface area contributed by atoms with Crippen LogP contribution in [0, 0.1) is 0 Å². The molecule has 0 aromatic carbocycles. The molecular weight excluding hydrogens is 166 g/mol. The third-order valence-corrected chi connectivity index (χ3v) is 2.43. The highest BCUT2D eigenvalue weighted by Crippen LogP contribution is 2.18. The van der Waals surface area contributed by atoms with Gasteiger partial charge in [-0.3, -0.25) is 10.2 Å². The fourth-order valence-electron chi connectivity index (χ4n) is 1.17. The number of amides is 1. The second kappa shape index (κ2) is 2.72. The van der Waals surface area contributed by atoms with E-state index in [0.717, 1.165) is 0 Å². The standard InChI is InChI=1S/C9H17N3O/c1-8(2)6-10-11-9(3,4)7(13)12(8)5/h6,11H,1-5H3. The predicted molar refractivity (Wildman–Crippen MR) is 52.6 cm³/mol. The Kier molecular flexibility index (Phi) is 2.10. The highest BCUT2D eigenvalue weighted by atomic mass is 16.2. The van der Waals surface area contributed by atoms with Crippen molar-refractivity contribution in [3.05, 3.63) is 0 Å². The average molecular weight is 183 g/mol. The maximum atomic E-state index is 11.9. The van der Waals surface area contributed by atoms with Crippen LogP contribution in [0.2, 0.25) is 0 Å². The molecule has 4 nitrogen and oxygen atoms in total. The van der Waals surface area contributed by atoms with Gasteiger partial charge < -0.3 is 4.90 Å². The van der Waals surface area contributed by atoms with Gasteiger partial charge in [-0.1, -0.05) is 0 Å². The lowest BCUT2D eigenvalue weighted by molar-refractivity contribution is -0.138. The summed E-state index contributed by atoms with van der Waals surface area (Å²) in [6, 6.07) is 0. The van der Waals surface area contributed by atoms with E-state index in [2.05, 4.69) is 10.5 Å². The lowest BCUT2D eigenvalue weighted by Crippen LogP contribution is -2.54. The van der Waals surface area contributed by atoms with E-state index in [1.807, 2.05) is 27.7 Å². The van der Waals surface area contributed by atoms with Crippen molar-refractivity contribution < 1.29 is 4.79 Å². The number of carbonyl (C=O) groups is 1. The molecule has 0 saturated heterocycles. The zero-order valence-corrected chi connectivity index (χ0v) is 8.88. The van der Waals surface area contributed by atoms with Crippen LogP contribution >= 0.6 is 0 Å². The number of nitrogens with one attached hydrogen (secondary N) is 1. The SMILES string of the molecule is CN1C(=O)C(C)(C)NN=CC1(C)C. The molecular formula is C9H17N3O. The van der Waals surface area contributed by atoms with Crippen molar-refractivity contribution in [1.82, 2.24) is 10.3 Å². The molecule has 1 aliphatic rings. The first-order valence-corrected chi connectivity index (χ1v) is 4.37. The molecule has 1 amide bonds. The molecule has 0 unspecified atom stereocenters.